The molecule has 0 unspecified atom stereocenters. The second-order valence-corrected chi connectivity index (χ2v) is 4.35. The van der Waals surface area contributed by atoms with Crippen molar-refractivity contribution in [1.82, 2.24) is 0 Å². The van der Waals surface area contributed by atoms with Gasteiger partial charge >= 0.3 is 0 Å². The van der Waals surface area contributed by atoms with Gasteiger partial charge < -0.3 is 9.64 Å². The van der Waals surface area contributed by atoms with Gasteiger partial charge in [0.2, 0.25) is 0 Å². The average Bonchev–Trinajstić information content (AvgIpc) is 2.71. The summed E-state index contributed by atoms with van der Waals surface area (Å²) >= 11 is 0. The average molecular weight is 205 g/mol. The second kappa shape index (κ2) is 4.56. The normalized spacial score (nSPS) is 16.1. The Labute approximate surface area is 91.9 Å². The van der Waals surface area contributed by atoms with Gasteiger partial charge in [0.15, 0.2) is 0 Å². The summed E-state index contributed by atoms with van der Waals surface area (Å²) in [5.41, 5.74) is 1.32. The largest absolute Gasteiger partial charge is 0.491 e. The van der Waals surface area contributed by atoms with E-state index in [2.05, 4.69) is 29.2 Å². The molecule has 2 heteroatoms. The maximum absolute atomic E-state index is 5.61. The monoisotopic (exact) mass is 205 g/mol. The van der Waals surface area contributed by atoms with Crippen LogP contribution in [-0.4, -0.2) is 19.2 Å². The highest BCUT2D eigenvalue weighted by Gasteiger charge is 2.11. The van der Waals surface area contributed by atoms with Crippen LogP contribution in [0.4, 0.5) is 5.69 Å². The van der Waals surface area contributed by atoms with E-state index >= 15 is 0 Å². The number of hydrogen-bond acceptors (Lipinski definition) is 2. The molecule has 0 spiro atoms. The fourth-order valence-corrected chi connectivity index (χ4v) is 1.98. The van der Waals surface area contributed by atoms with Crippen LogP contribution < -0.4 is 9.64 Å². The standard InChI is InChI=1S/C13H19NO/c1-11(2)15-13-7-5-12(6-8-13)14-9-3-4-10-14/h5-8,11H,3-4,9-10H2,1-2H3. The van der Waals surface area contributed by atoms with Crippen molar-refractivity contribution in [2.24, 2.45) is 0 Å². The lowest BCUT2D eigenvalue weighted by Gasteiger charge is -2.18. The number of nitrogens with zero attached hydrogens (tertiary/aromatic N) is 1. The van der Waals surface area contributed by atoms with Gasteiger partial charge in [-0.2, -0.15) is 0 Å². The maximum atomic E-state index is 5.61. The summed E-state index contributed by atoms with van der Waals surface area (Å²) in [5.74, 6) is 0.966. The third-order valence-electron chi connectivity index (χ3n) is 2.68. The van der Waals surface area contributed by atoms with Crippen LogP contribution in [0.25, 0.3) is 0 Å². The Morgan fingerprint density at radius 3 is 2.20 bits per heavy atom. The number of hydrogen-bond donors (Lipinski definition) is 0. The maximum Gasteiger partial charge on any atom is 0.119 e. The Morgan fingerprint density at radius 2 is 1.67 bits per heavy atom. The van der Waals surface area contributed by atoms with E-state index in [1.54, 1.807) is 0 Å². The van der Waals surface area contributed by atoms with Crippen molar-refractivity contribution in [3.05, 3.63) is 24.3 Å². The number of ether oxygens (including phenoxy) is 1. The molecule has 1 saturated heterocycles. The van der Waals surface area contributed by atoms with Crippen LogP contribution in [-0.2, 0) is 0 Å². The topological polar surface area (TPSA) is 12.5 Å². The molecule has 0 aliphatic carbocycles. The van der Waals surface area contributed by atoms with E-state index in [1.807, 2.05) is 13.8 Å². The van der Waals surface area contributed by atoms with Crippen molar-refractivity contribution in [1.29, 1.82) is 0 Å². The van der Waals surface area contributed by atoms with E-state index in [0.717, 1.165) is 5.75 Å². The Hall–Kier alpha value is -1.18. The Bertz CT molecular complexity index is 299. The van der Waals surface area contributed by atoms with Crippen LogP contribution >= 0.6 is 0 Å². The van der Waals surface area contributed by atoms with E-state index in [1.165, 1.54) is 31.6 Å². The lowest BCUT2D eigenvalue weighted by molar-refractivity contribution is 0.242. The quantitative estimate of drug-likeness (QED) is 0.752. The molecule has 1 heterocycles. The summed E-state index contributed by atoms with van der Waals surface area (Å²) in [4.78, 5) is 2.43. The van der Waals surface area contributed by atoms with E-state index < -0.39 is 0 Å². The van der Waals surface area contributed by atoms with E-state index in [9.17, 15) is 0 Å². The first-order chi connectivity index (χ1) is 7.25. The molecule has 0 saturated carbocycles. The summed E-state index contributed by atoms with van der Waals surface area (Å²) in [7, 11) is 0. The smallest absolute Gasteiger partial charge is 0.119 e. The molecule has 0 radical (unpaired) electrons. The minimum absolute atomic E-state index is 0.252. The molecular formula is C13H19NO. The van der Waals surface area contributed by atoms with Gasteiger partial charge in [-0.1, -0.05) is 0 Å². The molecule has 1 aliphatic heterocycles. The summed E-state index contributed by atoms with van der Waals surface area (Å²) in [6.07, 6.45) is 2.90. The van der Waals surface area contributed by atoms with Crippen molar-refractivity contribution < 1.29 is 4.74 Å². The predicted molar refractivity (Wildman–Crippen MR) is 63.7 cm³/mol. The summed E-state index contributed by atoms with van der Waals surface area (Å²) in [6, 6.07) is 8.44. The van der Waals surface area contributed by atoms with Crippen molar-refractivity contribution in [3.8, 4) is 5.75 Å². The van der Waals surface area contributed by atoms with Crippen molar-refractivity contribution in [2.45, 2.75) is 32.8 Å². The molecule has 1 aliphatic rings. The highest BCUT2D eigenvalue weighted by molar-refractivity contribution is 5.49. The zero-order chi connectivity index (χ0) is 10.7. The fourth-order valence-electron chi connectivity index (χ4n) is 1.98. The van der Waals surface area contributed by atoms with Gasteiger partial charge in [-0.25, -0.2) is 0 Å². The van der Waals surface area contributed by atoms with E-state index in [-0.39, 0.29) is 6.10 Å². The van der Waals surface area contributed by atoms with Crippen LogP contribution in [0.1, 0.15) is 26.7 Å². The highest BCUT2D eigenvalue weighted by atomic mass is 16.5. The van der Waals surface area contributed by atoms with E-state index in [4.69, 9.17) is 4.74 Å². The predicted octanol–water partition coefficient (Wildman–Crippen LogP) is 3.07. The molecule has 0 aromatic heterocycles. The minimum atomic E-state index is 0.252. The molecule has 2 rings (SSSR count). The second-order valence-electron chi connectivity index (χ2n) is 4.35. The fraction of sp³-hybridized carbons (Fsp3) is 0.538. The van der Waals surface area contributed by atoms with Crippen LogP contribution in [0.15, 0.2) is 24.3 Å². The molecule has 1 aromatic rings. The zero-order valence-corrected chi connectivity index (χ0v) is 9.57. The number of rotatable bonds is 3. The summed E-state index contributed by atoms with van der Waals surface area (Å²) in [6.45, 7) is 6.50. The number of benzene rings is 1. The van der Waals surface area contributed by atoms with Crippen molar-refractivity contribution >= 4 is 5.69 Å². The molecule has 15 heavy (non-hydrogen) atoms. The molecule has 0 N–H and O–H groups in total. The molecule has 0 bridgehead atoms. The van der Waals surface area contributed by atoms with Crippen molar-refractivity contribution in [2.75, 3.05) is 18.0 Å². The Balaban J connectivity index is 2.03. The molecule has 82 valence electrons. The first kappa shape index (κ1) is 10.3. The molecule has 2 nitrogen and oxygen atoms in total. The molecular weight excluding hydrogens is 186 g/mol. The summed E-state index contributed by atoms with van der Waals surface area (Å²) in [5, 5.41) is 0. The van der Waals surface area contributed by atoms with Crippen LogP contribution in [0.2, 0.25) is 0 Å². The lowest BCUT2D eigenvalue weighted by atomic mass is 10.3. The highest BCUT2D eigenvalue weighted by Crippen LogP contribution is 2.23. The van der Waals surface area contributed by atoms with Gasteiger partial charge in [0.1, 0.15) is 5.75 Å². The molecule has 0 amide bonds. The van der Waals surface area contributed by atoms with Gasteiger partial charge in [0.05, 0.1) is 6.10 Å². The van der Waals surface area contributed by atoms with Gasteiger partial charge in [-0.3, -0.25) is 0 Å². The van der Waals surface area contributed by atoms with E-state index in [0.29, 0.717) is 0 Å². The van der Waals surface area contributed by atoms with Gasteiger partial charge in [-0.05, 0) is 51.0 Å². The lowest BCUT2D eigenvalue weighted by Crippen LogP contribution is -2.17. The molecule has 1 aromatic carbocycles. The van der Waals surface area contributed by atoms with Gasteiger partial charge in [-0.15, -0.1) is 0 Å². The third kappa shape index (κ3) is 2.65. The minimum Gasteiger partial charge on any atom is -0.491 e. The molecule has 1 fully saturated rings. The first-order valence-electron chi connectivity index (χ1n) is 5.77. The van der Waals surface area contributed by atoms with Gasteiger partial charge in [0.25, 0.3) is 0 Å². The van der Waals surface area contributed by atoms with Crippen LogP contribution in [0.3, 0.4) is 0 Å². The molecule has 0 atom stereocenters. The SMILES string of the molecule is CC(C)Oc1ccc(N2CCCC2)cc1. The van der Waals surface area contributed by atoms with Gasteiger partial charge in [0, 0.05) is 18.8 Å². The number of anilines is 1. The Morgan fingerprint density at radius 1 is 1.07 bits per heavy atom. The van der Waals surface area contributed by atoms with Crippen LogP contribution in [0, 0.1) is 0 Å². The third-order valence-corrected chi connectivity index (χ3v) is 2.68. The zero-order valence-electron chi connectivity index (χ0n) is 9.57. The first-order valence-corrected chi connectivity index (χ1v) is 5.77. The summed E-state index contributed by atoms with van der Waals surface area (Å²) < 4.78 is 5.61. The van der Waals surface area contributed by atoms with Crippen molar-refractivity contribution in [3.63, 3.8) is 0 Å². The van der Waals surface area contributed by atoms with Crippen LogP contribution in [0.5, 0.6) is 5.75 Å². The Kier molecular flexibility index (Phi) is 3.14.